The minimum atomic E-state index is -0.459. The first kappa shape index (κ1) is 33.4. The van der Waals surface area contributed by atoms with E-state index in [2.05, 4.69) is 56.9 Å². The minimum Gasteiger partial charge on any atom is -0.490 e. The van der Waals surface area contributed by atoms with Crippen LogP contribution in [0.5, 0.6) is 11.5 Å². The van der Waals surface area contributed by atoms with E-state index >= 15 is 0 Å². The van der Waals surface area contributed by atoms with Crippen LogP contribution in [-0.2, 0) is 22.6 Å². The molecule has 0 saturated carbocycles. The molecule has 0 spiro atoms. The third-order valence-electron chi connectivity index (χ3n) is 9.49. The number of rotatable bonds is 9. The number of nitrogens with zero attached hydrogens (tertiary/aromatic N) is 1. The van der Waals surface area contributed by atoms with Crippen molar-refractivity contribution in [3.8, 4) is 11.5 Å². The summed E-state index contributed by atoms with van der Waals surface area (Å²) in [6, 6.07) is 21.6. The standard InChI is InChI=1S/C40H43Cl2NO4/c1-6-46-35-18-26(13-15-34(35)47-24-27-12-14-28(41)19-29(27)42)36-37-30(20-39(2,3)22-32(37)44)43(17-16-25-10-8-7-9-11-25)31-21-40(4,5)23-33(45)38(31)36/h7-15,18-19,36H,6,16-17,20-24H2,1-5H3. The highest BCUT2D eigenvalue weighted by Gasteiger charge is 2.49. The molecule has 1 aliphatic heterocycles. The first-order chi connectivity index (χ1) is 22.4. The SMILES string of the molecule is CCOc1cc(C2C3=C(CC(C)(C)CC3=O)N(CCc3ccccc3)C3=C2C(=O)CC(C)(C)C3)ccc1OCc1ccc(Cl)cc1Cl. The average molecular weight is 673 g/mol. The zero-order valence-electron chi connectivity index (χ0n) is 27.9. The number of carbonyl (C=O) groups excluding carboxylic acids is 2. The molecule has 47 heavy (non-hydrogen) atoms. The van der Waals surface area contributed by atoms with Crippen LogP contribution in [0, 0.1) is 10.8 Å². The van der Waals surface area contributed by atoms with Gasteiger partial charge in [-0.25, -0.2) is 0 Å². The number of benzene rings is 3. The topological polar surface area (TPSA) is 55.8 Å². The zero-order chi connectivity index (χ0) is 33.5. The summed E-state index contributed by atoms with van der Waals surface area (Å²) in [5.74, 6) is 0.909. The second-order valence-electron chi connectivity index (χ2n) is 14.6. The van der Waals surface area contributed by atoms with E-state index in [9.17, 15) is 9.59 Å². The van der Waals surface area contributed by atoms with Crippen molar-refractivity contribution in [1.82, 2.24) is 4.90 Å². The van der Waals surface area contributed by atoms with Crippen molar-refractivity contribution < 1.29 is 19.1 Å². The number of carbonyl (C=O) groups is 2. The van der Waals surface area contributed by atoms with Gasteiger partial charge in [0.1, 0.15) is 6.61 Å². The van der Waals surface area contributed by atoms with E-state index < -0.39 is 5.92 Å². The highest BCUT2D eigenvalue weighted by molar-refractivity contribution is 6.35. The van der Waals surface area contributed by atoms with Gasteiger partial charge in [-0.2, -0.15) is 0 Å². The Balaban J connectivity index is 1.45. The van der Waals surface area contributed by atoms with Gasteiger partial charge in [0.25, 0.3) is 0 Å². The fraction of sp³-hybridized carbons (Fsp3) is 0.400. The van der Waals surface area contributed by atoms with Gasteiger partial charge in [0, 0.05) is 63.5 Å². The number of ether oxygens (including phenoxy) is 2. The molecule has 0 N–H and O–H groups in total. The van der Waals surface area contributed by atoms with Crippen LogP contribution >= 0.6 is 23.2 Å². The maximum atomic E-state index is 14.3. The number of ketones is 2. The predicted octanol–water partition coefficient (Wildman–Crippen LogP) is 9.90. The Morgan fingerprint density at radius 1 is 0.766 bits per heavy atom. The van der Waals surface area contributed by atoms with Crippen LogP contribution in [0.15, 0.2) is 89.3 Å². The maximum absolute atomic E-state index is 14.3. The highest BCUT2D eigenvalue weighted by Crippen LogP contribution is 2.55. The van der Waals surface area contributed by atoms with Crippen molar-refractivity contribution >= 4 is 34.8 Å². The van der Waals surface area contributed by atoms with Crippen molar-refractivity contribution in [2.45, 2.75) is 79.2 Å². The molecular formula is C40H43Cl2NO4. The van der Waals surface area contributed by atoms with E-state index in [1.54, 1.807) is 12.1 Å². The average Bonchev–Trinajstić information content (AvgIpc) is 2.99. The second kappa shape index (κ2) is 13.2. The van der Waals surface area contributed by atoms with Gasteiger partial charge in [-0.3, -0.25) is 9.59 Å². The number of Topliss-reactive ketones (excluding diaryl/α,β-unsaturated/α-hetero) is 2. The summed E-state index contributed by atoms with van der Waals surface area (Å²) in [5.41, 5.74) is 6.18. The van der Waals surface area contributed by atoms with E-state index in [0.29, 0.717) is 47.5 Å². The third-order valence-corrected chi connectivity index (χ3v) is 10.1. The molecule has 3 aromatic carbocycles. The predicted molar refractivity (Wildman–Crippen MR) is 188 cm³/mol. The third kappa shape index (κ3) is 7.03. The fourth-order valence-electron chi connectivity index (χ4n) is 7.42. The minimum absolute atomic E-state index is 0.116. The summed E-state index contributed by atoms with van der Waals surface area (Å²) in [7, 11) is 0. The summed E-state index contributed by atoms with van der Waals surface area (Å²) in [4.78, 5) is 30.9. The zero-order valence-corrected chi connectivity index (χ0v) is 29.4. The Bertz CT molecular complexity index is 1720. The molecule has 0 atom stereocenters. The van der Waals surface area contributed by atoms with Crippen LogP contribution in [-0.4, -0.2) is 29.6 Å². The monoisotopic (exact) mass is 671 g/mol. The van der Waals surface area contributed by atoms with Gasteiger partial charge in [0.15, 0.2) is 23.1 Å². The normalized spacial score (nSPS) is 19.1. The quantitative estimate of drug-likeness (QED) is 0.227. The lowest BCUT2D eigenvalue weighted by Gasteiger charge is -2.49. The molecule has 5 nitrogen and oxygen atoms in total. The molecule has 0 bridgehead atoms. The van der Waals surface area contributed by atoms with Crippen molar-refractivity contribution in [2.24, 2.45) is 10.8 Å². The molecule has 1 heterocycles. The second-order valence-corrected chi connectivity index (χ2v) is 15.4. The van der Waals surface area contributed by atoms with E-state index in [-0.39, 0.29) is 29.0 Å². The molecule has 3 aliphatic rings. The summed E-state index contributed by atoms with van der Waals surface area (Å²) in [5, 5.41) is 1.09. The maximum Gasteiger partial charge on any atom is 0.162 e. The lowest BCUT2D eigenvalue weighted by Crippen LogP contribution is -2.45. The van der Waals surface area contributed by atoms with Crippen LogP contribution in [0.4, 0.5) is 0 Å². The van der Waals surface area contributed by atoms with Crippen LogP contribution in [0.25, 0.3) is 0 Å². The molecular weight excluding hydrogens is 629 g/mol. The Labute approximate surface area is 288 Å². The molecule has 0 saturated heterocycles. The lowest BCUT2D eigenvalue weighted by molar-refractivity contribution is -0.119. The molecule has 2 aliphatic carbocycles. The van der Waals surface area contributed by atoms with E-state index in [4.69, 9.17) is 32.7 Å². The smallest absolute Gasteiger partial charge is 0.162 e. The van der Waals surface area contributed by atoms with Gasteiger partial charge >= 0.3 is 0 Å². The molecule has 246 valence electrons. The Morgan fingerprint density at radius 2 is 1.40 bits per heavy atom. The van der Waals surface area contributed by atoms with Crippen molar-refractivity contribution in [2.75, 3.05) is 13.2 Å². The first-order valence-corrected chi connectivity index (χ1v) is 17.3. The molecule has 0 aromatic heterocycles. The van der Waals surface area contributed by atoms with Crippen molar-refractivity contribution in [1.29, 1.82) is 0 Å². The Kier molecular flexibility index (Phi) is 9.34. The molecule has 0 amide bonds. The molecule has 3 aromatic rings. The summed E-state index contributed by atoms with van der Waals surface area (Å²) in [6.07, 6.45) is 3.25. The van der Waals surface area contributed by atoms with Gasteiger partial charge in [-0.15, -0.1) is 0 Å². The van der Waals surface area contributed by atoms with Crippen molar-refractivity contribution in [3.05, 3.63) is 116 Å². The molecule has 0 fully saturated rings. The van der Waals surface area contributed by atoms with Gasteiger partial charge in [0.05, 0.1) is 6.61 Å². The van der Waals surface area contributed by atoms with Crippen molar-refractivity contribution in [3.63, 3.8) is 0 Å². The fourth-order valence-corrected chi connectivity index (χ4v) is 7.89. The first-order valence-electron chi connectivity index (χ1n) is 16.5. The largest absolute Gasteiger partial charge is 0.490 e. The van der Waals surface area contributed by atoms with Crippen LogP contribution in [0.1, 0.15) is 82.9 Å². The van der Waals surface area contributed by atoms with E-state index in [1.165, 1.54) is 5.56 Å². The summed E-state index contributed by atoms with van der Waals surface area (Å²) >= 11 is 12.5. The van der Waals surface area contributed by atoms with Crippen LogP contribution in [0.3, 0.4) is 0 Å². The number of hydrogen-bond donors (Lipinski definition) is 0. The van der Waals surface area contributed by atoms with E-state index in [1.807, 2.05) is 37.3 Å². The van der Waals surface area contributed by atoms with Gasteiger partial charge in [-0.05, 0) is 72.4 Å². The molecule has 0 unspecified atom stereocenters. The number of allylic oxidation sites excluding steroid dienone is 4. The Hall–Kier alpha value is -3.54. The van der Waals surface area contributed by atoms with Gasteiger partial charge in [-0.1, -0.05) is 93.4 Å². The summed E-state index contributed by atoms with van der Waals surface area (Å²) in [6.45, 7) is 12.0. The lowest BCUT2D eigenvalue weighted by atomic mass is 9.63. The molecule has 6 rings (SSSR count). The van der Waals surface area contributed by atoms with Gasteiger partial charge in [0.2, 0.25) is 0 Å². The molecule has 7 heteroatoms. The Morgan fingerprint density at radius 3 is 2.00 bits per heavy atom. The van der Waals surface area contributed by atoms with Crippen LogP contribution in [0.2, 0.25) is 10.0 Å². The highest BCUT2D eigenvalue weighted by atomic mass is 35.5. The van der Waals surface area contributed by atoms with Gasteiger partial charge < -0.3 is 14.4 Å². The van der Waals surface area contributed by atoms with E-state index in [0.717, 1.165) is 52.9 Å². The summed E-state index contributed by atoms with van der Waals surface area (Å²) < 4.78 is 12.3. The molecule has 0 radical (unpaired) electrons. The number of hydrogen-bond acceptors (Lipinski definition) is 5. The van der Waals surface area contributed by atoms with Crippen LogP contribution < -0.4 is 9.47 Å². The number of halogens is 2.